The Kier molecular flexibility index (Phi) is 70.4. The summed E-state index contributed by atoms with van der Waals surface area (Å²) in [5.41, 5.74) is 0. The minimum absolute atomic E-state index is 0.0189. The fourth-order valence-electron chi connectivity index (χ4n) is 12.0. The van der Waals surface area contributed by atoms with Gasteiger partial charge in [0.2, 0.25) is 5.91 Å². The summed E-state index contributed by atoms with van der Waals surface area (Å²) in [5.74, 6) is -0.0464. The number of aliphatic hydroxyl groups excluding tert-OH is 2. The van der Waals surface area contributed by atoms with Crippen molar-refractivity contribution in [3.05, 3.63) is 24.3 Å². The largest absolute Gasteiger partial charge is 0.466 e. The van der Waals surface area contributed by atoms with Gasteiger partial charge in [-0.3, -0.25) is 9.59 Å². The van der Waals surface area contributed by atoms with Crippen molar-refractivity contribution in [2.45, 2.75) is 437 Å². The van der Waals surface area contributed by atoms with E-state index in [0.717, 1.165) is 38.5 Å². The number of rotatable bonds is 71. The molecule has 0 aromatic heterocycles. The van der Waals surface area contributed by atoms with Crippen LogP contribution >= 0.6 is 0 Å². The lowest BCUT2D eigenvalue weighted by Crippen LogP contribution is -2.45. The highest BCUT2D eigenvalue weighted by Crippen LogP contribution is 2.19. The van der Waals surface area contributed by atoms with Crippen LogP contribution in [0.5, 0.6) is 0 Å². The standard InChI is InChI=1S/C76H147NO5/c1-3-5-7-9-11-13-15-17-19-21-22-23-30-33-37-40-44-48-52-56-60-64-68-74(79)73(72-78)77-75(80)69-65-61-57-53-49-45-41-38-34-31-28-26-24-25-27-29-32-35-39-43-47-51-55-59-63-67-71-82-76(81)70-66-62-58-54-50-46-42-36-20-18-16-14-12-10-8-6-4-2/h24,26,64,68,73-74,78-79H,3-23,25,27-63,65-67,69-72H2,1-2H3,(H,77,80)/b26-24-,68-64+. The second-order valence-electron chi connectivity index (χ2n) is 26.0. The highest BCUT2D eigenvalue weighted by Gasteiger charge is 2.18. The van der Waals surface area contributed by atoms with Crippen molar-refractivity contribution >= 4 is 11.9 Å². The molecule has 0 aromatic rings. The molecule has 6 nitrogen and oxygen atoms in total. The average molecular weight is 1160 g/mol. The van der Waals surface area contributed by atoms with E-state index < -0.39 is 12.1 Å². The van der Waals surface area contributed by atoms with Gasteiger partial charge in [0, 0.05) is 12.8 Å². The molecule has 0 spiro atoms. The summed E-state index contributed by atoms with van der Waals surface area (Å²) < 4.78 is 5.51. The van der Waals surface area contributed by atoms with E-state index >= 15 is 0 Å². The van der Waals surface area contributed by atoms with Gasteiger partial charge < -0.3 is 20.3 Å². The number of allylic oxidation sites excluding steroid dienone is 3. The molecular formula is C76H147NO5. The monoisotopic (exact) mass is 1150 g/mol. The van der Waals surface area contributed by atoms with Crippen LogP contribution in [-0.2, 0) is 14.3 Å². The maximum atomic E-state index is 12.5. The molecule has 0 aliphatic heterocycles. The number of nitrogens with one attached hydrogen (secondary N) is 1. The molecule has 0 rings (SSSR count). The lowest BCUT2D eigenvalue weighted by Gasteiger charge is -2.20. The lowest BCUT2D eigenvalue weighted by molar-refractivity contribution is -0.143. The predicted octanol–water partition coefficient (Wildman–Crippen LogP) is 24.5. The Morgan fingerprint density at radius 1 is 0.329 bits per heavy atom. The van der Waals surface area contributed by atoms with Gasteiger partial charge >= 0.3 is 5.97 Å². The lowest BCUT2D eigenvalue weighted by atomic mass is 10.0. The number of hydrogen-bond acceptors (Lipinski definition) is 5. The van der Waals surface area contributed by atoms with E-state index in [2.05, 4.69) is 31.3 Å². The van der Waals surface area contributed by atoms with Gasteiger partial charge in [-0.05, 0) is 57.8 Å². The van der Waals surface area contributed by atoms with Crippen molar-refractivity contribution in [3.8, 4) is 0 Å². The van der Waals surface area contributed by atoms with Crippen LogP contribution in [-0.4, -0.2) is 47.4 Å². The van der Waals surface area contributed by atoms with E-state index in [4.69, 9.17) is 4.74 Å². The maximum absolute atomic E-state index is 12.5. The molecule has 0 heterocycles. The molecule has 0 aliphatic carbocycles. The zero-order valence-corrected chi connectivity index (χ0v) is 55.8. The third kappa shape index (κ3) is 67.5. The fourth-order valence-corrected chi connectivity index (χ4v) is 12.0. The minimum Gasteiger partial charge on any atom is -0.466 e. The van der Waals surface area contributed by atoms with Crippen LogP contribution in [0.1, 0.15) is 425 Å². The molecule has 6 heteroatoms. The summed E-state index contributed by atoms with van der Waals surface area (Å²) in [7, 11) is 0. The van der Waals surface area contributed by atoms with Crippen LogP contribution in [0.4, 0.5) is 0 Å². The first kappa shape index (κ1) is 80.3. The number of carbonyl (C=O) groups is 2. The van der Waals surface area contributed by atoms with Gasteiger partial charge in [-0.1, -0.05) is 378 Å². The van der Waals surface area contributed by atoms with E-state index in [9.17, 15) is 19.8 Å². The van der Waals surface area contributed by atoms with E-state index in [1.165, 1.54) is 360 Å². The van der Waals surface area contributed by atoms with Gasteiger partial charge in [0.25, 0.3) is 0 Å². The van der Waals surface area contributed by atoms with Gasteiger partial charge in [0.05, 0.1) is 25.4 Å². The Labute approximate surface area is 513 Å². The number of unbranched alkanes of at least 4 members (excludes halogenated alkanes) is 58. The molecule has 3 N–H and O–H groups in total. The van der Waals surface area contributed by atoms with Gasteiger partial charge in [-0.15, -0.1) is 0 Å². The van der Waals surface area contributed by atoms with E-state index in [0.29, 0.717) is 19.4 Å². The molecule has 486 valence electrons. The molecule has 0 saturated carbocycles. The zero-order chi connectivity index (χ0) is 59.2. The number of carbonyl (C=O) groups excluding carboxylic acids is 2. The molecule has 0 saturated heterocycles. The first-order valence-corrected chi connectivity index (χ1v) is 37.6. The Bertz CT molecular complexity index is 1280. The first-order chi connectivity index (χ1) is 40.5. The van der Waals surface area contributed by atoms with Gasteiger partial charge in [-0.2, -0.15) is 0 Å². The van der Waals surface area contributed by atoms with E-state index in [1.807, 2.05) is 6.08 Å². The third-order valence-electron chi connectivity index (χ3n) is 17.7. The normalized spacial score (nSPS) is 12.6. The molecule has 1 amide bonds. The molecule has 0 bridgehead atoms. The molecule has 0 aromatic carbocycles. The van der Waals surface area contributed by atoms with Crippen LogP contribution in [0.25, 0.3) is 0 Å². The van der Waals surface area contributed by atoms with Crippen LogP contribution in [0.15, 0.2) is 24.3 Å². The van der Waals surface area contributed by atoms with Crippen molar-refractivity contribution < 1.29 is 24.5 Å². The number of aliphatic hydroxyl groups is 2. The van der Waals surface area contributed by atoms with Gasteiger partial charge in [0.15, 0.2) is 0 Å². The summed E-state index contributed by atoms with van der Waals surface area (Å²) in [4.78, 5) is 24.6. The average Bonchev–Trinajstić information content (AvgIpc) is 3.48. The summed E-state index contributed by atoms with van der Waals surface area (Å²) in [5, 5.41) is 23.3. The van der Waals surface area contributed by atoms with Crippen molar-refractivity contribution in [1.29, 1.82) is 0 Å². The number of amides is 1. The molecular weight excluding hydrogens is 1010 g/mol. The van der Waals surface area contributed by atoms with Crippen molar-refractivity contribution in [2.24, 2.45) is 0 Å². The van der Waals surface area contributed by atoms with Crippen LogP contribution in [0.3, 0.4) is 0 Å². The van der Waals surface area contributed by atoms with E-state index in [1.54, 1.807) is 6.08 Å². The topological polar surface area (TPSA) is 95.9 Å². The first-order valence-electron chi connectivity index (χ1n) is 37.6. The van der Waals surface area contributed by atoms with Crippen LogP contribution in [0, 0.1) is 0 Å². The summed E-state index contributed by atoms with van der Waals surface area (Å²) in [6.07, 6.45) is 91.3. The number of esters is 1. The van der Waals surface area contributed by atoms with Crippen LogP contribution < -0.4 is 5.32 Å². The zero-order valence-electron chi connectivity index (χ0n) is 55.8. The highest BCUT2D eigenvalue weighted by molar-refractivity contribution is 5.76. The van der Waals surface area contributed by atoms with Gasteiger partial charge in [0.1, 0.15) is 0 Å². The van der Waals surface area contributed by atoms with Crippen LogP contribution in [0.2, 0.25) is 0 Å². The number of ether oxygens (including phenoxy) is 1. The maximum Gasteiger partial charge on any atom is 0.305 e. The van der Waals surface area contributed by atoms with Crippen molar-refractivity contribution in [2.75, 3.05) is 13.2 Å². The summed E-state index contributed by atoms with van der Waals surface area (Å²) >= 11 is 0. The highest BCUT2D eigenvalue weighted by atomic mass is 16.5. The second-order valence-corrected chi connectivity index (χ2v) is 26.0. The fraction of sp³-hybridized carbons (Fsp3) is 0.921. The third-order valence-corrected chi connectivity index (χ3v) is 17.7. The van der Waals surface area contributed by atoms with Crippen molar-refractivity contribution in [1.82, 2.24) is 5.32 Å². The Hall–Kier alpha value is -1.66. The molecule has 0 radical (unpaired) electrons. The molecule has 0 aliphatic rings. The smallest absolute Gasteiger partial charge is 0.305 e. The molecule has 82 heavy (non-hydrogen) atoms. The minimum atomic E-state index is -0.847. The van der Waals surface area contributed by atoms with Crippen molar-refractivity contribution in [3.63, 3.8) is 0 Å². The van der Waals surface area contributed by atoms with Gasteiger partial charge in [-0.25, -0.2) is 0 Å². The second kappa shape index (κ2) is 71.8. The molecule has 2 atom stereocenters. The quantitative estimate of drug-likeness (QED) is 0.0320. The molecule has 0 fully saturated rings. The summed E-state index contributed by atoms with van der Waals surface area (Å²) in [6.45, 7) is 4.95. The Balaban J connectivity index is 3.40. The summed E-state index contributed by atoms with van der Waals surface area (Å²) in [6, 6.07) is -0.630. The number of hydrogen-bond donors (Lipinski definition) is 3. The Morgan fingerprint density at radius 2 is 0.573 bits per heavy atom. The predicted molar refractivity (Wildman–Crippen MR) is 361 cm³/mol. The Morgan fingerprint density at radius 3 is 0.866 bits per heavy atom. The molecule has 2 unspecified atom stereocenters. The van der Waals surface area contributed by atoms with E-state index in [-0.39, 0.29) is 18.5 Å². The SMILES string of the molecule is CCCCCCCCCCCCCCCCCCCCCC/C=C/C(O)C(CO)NC(=O)CCCCCCCCCCCC/C=C\CCCCCCCCCCCCCCOC(=O)CCCCCCCCCCCCCCCCCCC.